The van der Waals surface area contributed by atoms with E-state index in [-0.39, 0.29) is 31.8 Å². The van der Waals surface area contributed by atoms with Crippen LogP contribution in [0.2, 0.25) is 0 Å². The molecule has 3 amide bonds. The number of amides is 3. The Hall–Kier alpha value is -3.02. The summed E-state index contributed by atoms with van der Waals surface area (Å²) in [6.07, 6.45) is -1.38. The molecule has 0 spiro atoms. The van der Waals surface area contributed by atoms with E-state index in [1.54, 1.807) is 13.8 Å². The number of carboxylic acids is 1. The van der Waals surface area contributed by atoms with Crippen LogP contribution in [0.25, 0.3) is 0 Å². The smallest absolute Gasteiger partial charge is 0.326 e. The van der Waals surface area contributed by atoms with Crippen molar-refractivity contribution in [3.05, 3.63) is 35.9 Å². The molecule has 0 aliphatic carbocycles. The van der Waals surface area contributed by atoms with Crippen LogP contribution in [0.4, 0.5) is 0 Å². The Balaban J connectivity index is 1.68. The molecule has 1 aromatic carbocycles. The molecule has 36 heavy (non-hydrogen) atoms. The molecule has 198 valence electrons. The number of β-amino-alcohol motifs (C(OH)–C–C–N with tert-alkyl or cyclic N) is 1. The Morgan fingerprint density at radius 3 is 2.39 bits per heavy atom. The van der Waals surface area contributed by atoms with Gasteiger partial charge in [0.1, 0.15) is 24.2 Å². The van der Waals surface area contributed by atoms with Crippen LogP contribution < -0.4 is 11.1 Å². The van der Waals surface area contributed by atoms with Gasteiger partial charge in [0.2, 0.25) is 11.8 Å². The van der Waals surface area contributed by atoms with E-state index in [9.17, 15) is 34.5 Å². The number of likely N-dealkylation sites (tertiary alicyclic amines) is 2. The Kier molecular flexibility index (Phi) is 9.04. The lowest BCUT2D eigenvalue weighted by atomic mass is 9.99. The highest BCUT2D eigenvalue weighted by molar-refractivity contribution is 5.94. The van der Waals surface area contributed by atoms with Gasteiger partial charge < -0.3 is 36.2 Å². The molecule has 0 aromatic heterocycles. The van der Waals surface area contributed by atoms with Crippen molar-refractivity contribution in [2.45, 2.75) is 75.9 Å². The first-order valence-corrected chi connectivity index (χ1v) is 12.3. The number of carboxylic acid groups (broad SMARTS) is 1. The number of carbonyl (C=O) groups excluding carboxylic acids is 3. The van der Waals surface area contributed by atoms with Crippen LogP contribution in [0.3, 0.4) is 0 Å². The predicted molar refractivity (Wildman–Crippen MR) is 129 cm³/mol. The first kappa shape index (κ1) is 27.6. The molecule has 2 heterocycles. The van der Waals surface area contributed by atoms with E-state index >= 15 is 0 Å². The summed E-state index contributed by atoms with van der Waals surface area (Å²) in [5.41, 5.74) is 6.92. The third-order valence-electron chi connectivity index (χ3n) is 6.89. The maximum atomic E-state index is 13.5. The number of nitrogens with zero attached hydrogens (tertiary/aromatic N) is 2. The summed E-state index contributed by atoms with van der Waals surface area (Å²) in [5, 5.41) is 32.5. The lowest BCUT2D eigenvalue weighted by Gasteiger charge is -2.33. The van der Waals surface area contributed by atoms with Gasteiger partial charge in [0.05, 0.1) is 6.10 Å². The molecule has 6 atom stereocenters. The van der Waals surface area contributed by atoms with Gasteiger partial charge in [-0.1, -0.05) is 44.2 Å². The minimum absolute atomic E-state index is 0.0620. The molecule has 2 fully saturated rings. The van der Waals surface area contributed by atoms with Crippen LogP contribution in [0.1, 0.15) is 38.7 Å². The molecule has 2 aliphatic rings. The first-order chi connectivity index (χ1) is 17.0. The molecule has 11 heteroatoms. The maximum absolute atomic E-state index is 13.5. The van der Waals surface area contributed by atoms with Crippen LogP contribution >= 0.6 is 0 Å². The number of aliphatic hydroxyl groups excluding tert-OH is 2. The topological polar surface area (TPSA) is 173 Å². The van der Waals surface area contributed by atoms with Crippen LogP contribution in [-0.2, 0) is 25.6 Å². The van der Waals surface area contributed by atoms with E-state index in [1.807, 2.05) is 30.3 Å². The van der Waals surface area contributed by atoms with Crippen molar-refractivity contribution in [3.63, 3.8) is 0 Å². The molecule has 6 N–H and O–H groups in total. The summed E-state index contributed by atoms with van der Waals surface area (Å²) in [5.74, 6) is -3.34. The van der Waals surface area contributed by atoms with E-state index in [0.717, 1.165) is 10.5 Å². The fourth-order valence-electron chi connectivity index (χ4n) is 4.89. The number of aliphatic hydroxyl groups is 2. The maximum Gasteiger partial charge on any atom is 0.326 e. The minimum Gasteiger partial charge on any atom is -0.480 e. The van der Waals surface area contributed by atoms with Crippen molar-refractivity contribution in [2.24, 2.45) is 11.7 Å². The van der Waals surface area contributed by atoms with Gasteiger partial charge in [-0.05, 0) is 30.7 Å². The quantitative estimate of drug-likeness (QED) is 0.287. The Labute approximate surface area is 210 Å². The minimum atomic E-state index is -1.54. The summed E-state index contributed by atoms with van der Waals surface area (Å²) < 4.78 is 0. The van der Waals surface area contributed by atoms with E-state index in [1.165, 1.54) is 4.90 Å². The third-order valence-corrected chi connectivity index (χ3v) is 6.89. The van der Waals surface area contributed by atoms with E-state index in [4.69, 9.17) is 5.73 Å². The SMILES string of the molecule is CC(C)[C@H](NC(=O)[C@@H](O)[C@H](N)Cc1ccccc1)C(=O)N1CCC[C@H]1C(=O)N1CC(O)C[C@H]1C(=O)O. The summed E-state index contributed by atoms with van der Waals surface area (Å²) in [6, 6.07) is 5.26. The number of carbonyl (C=O) groups is 4. The zero-order chi connectivity index (χ0) is 26.6. The van der Waals surface area contributed by atoms with E-state index in [0.29, 0.717) is 12.8 Å². The van der Waals surface area contributed by atoms with E-state index in [2.05, 4.69) is 5.32 Å². The normalized spacial score (nSPS) is 24.4. The van der Waals surface area contributed by atoms with Gasteiger partial charge in [-0.3, -0.25) is 14.4 Å². The fraction of sp³-hybridized carbons (Fsp3) is 0.600. The number of hydrogen-bond donors (Lipinski definition) is 5. The van der Waals surface area contributed by atoms with Gasteiger partial charge in [-0.2, -0.15) is 0 Å². The Bertz CT molecular complexity index is 957. The number of benzene rings is 1. The lowest BCUT2D eigenvalue weighted by Crippen LogP contribution is -2.59. The fourth-order valence-corrected chi connectivity index (χ4v) is 4.89. The summed E-state index contributed by atoms with van der Waals surface area (Å²) in [6.45, 7) is 3.65. The molecule has 11 nitrogen and oxygen atoms in total. The largest absolute Gasteiger partial charge is 0.480 e. The van der Waals surface area contributed by atoms with Gasteiger partial charge in [0, 0.05) is 25.6 Å². The second-order valence-electron chi connectivity index (χ2n) is 9.95. The van der Waals surface area contributed by atoms with E-state index < -0.39 is 60.1 Å². The monoisotopic (exact) mass is 504 g/mol. The second kappa shape index (κ2) is 11.8. The number of nitrogens with two attached hydrogens (primary N) is 1. The van der Waals surface area contributed by atoms with Crippen LogP contribution in [0.15, 0.2) is 30.3 Å². The molecular formula is C25H36N4O7. The average molecular weight is 505 g/mol. The summed E-state index contributed by atoms with van der Waals surface area (Å²) in [4.78, 5) is 53.6. The van der Waals surface area contributed by atoms with Gasteiger partial charge >= 0.3 is 5.97 Å². The zero-order valence-corrected chi connectivity index (χ0v) is 20.6. The zero-order valence-electron chi connectivity index (χ0n) is 20.6. The van der Waals surface area contributed by atoms with Crippen molar-refractivity contribution in [2.75, 3.05) is 13.1 Å². The summed E-state index contributed by atoms with van der Waals surface area (Å²) >= 11 is 0. The molecule has 1 unspecified atom stereocenters. The van der Waals surface area contributed by atoms with Crippen molar-refractivity contribution in [3.8, 4) is 0 Å². The van der Waals surface area contributed by atoms with Crippen molar-refractivity contribution >= 4 is 23.7 Å². The van der Waals surface area contributed by atoms with Crippen molar-refractivity contribution in [1.29, 1.82) is 0 Å². The van der Waals surface area contributed by atoms with Crippen molar-refractivity contribution in [1.82, 2.24) is 15.1 Å². The molecule has 2 saturated heterocycles. The Morgan fingerprint density at radius 2 is 1.78 bits per heavy atom. The number of rotatable bonds is 9. The number of hydrogen-bond acceptors (Lipinski definition) is 7. The molecule has 3 rings (SSSR count). The Morgan fingerprint density at radius 1 is 1.11 bits per heavy atom. The van der Waals surface area contributed by atoms with Crippen molar-refractivity contribution < 1.29 is 34.5 Å². The molecule has 0 bridgehead atoms. The first-order valence-electron chi connectivity index (χ1n) is 12.3. The highest BCUT2D eigenvalue weighted by atomic mass is 16.4. The molecule has 0 radical (unpaired) electrons. The molecule has 2 aliphatic heterocycles. The highest BCUT2D eigenvalue weighted by Gasteiger charge is 2.46. The molecule has 1 aromatic rings. The number of nitrogens with one attached hydrogen (secondary N) is 1. The standard InChI is InChI=1S/C25H36N4O7/c1-14(2)20(27-22(32)21(31)17(26)11-15-7-4-3-5-8-15)24(34)28-10-6-9-18(28)23(33)29-13-16(30)12-19(29)25(35)36/h3-5,7-8,14,16-21,30-31H,6,9-13,26H2,1-2H3,(H,27,32)(H,35,36)/t16?,17-,18+,19+,20+,21+/m1/s1. The second-order valence-corrected chi connectivity index (χ2v) is 9.95. The molecule has 0 saturated carbocycles. The predicted octanol–water partition coefficient (Wildman–Crippen LogP) is -0.904. The highest BCUT2D eigenvalue weighted by Crippen LogP contribution is 2.26. The van der Waals surface area contributed by atoms with Crippen LogP contribution in [0.5, 0.6) is 0 Å². The third kappa shape index (κ3) is 6.21. The van der Waals surface area contributed by atoms with Gasteiger partial charge in [-0.25, -0.2) is 4.79 Å². The van der Waals surface area contributed by atoms with Gasteiger partial charge in [0.15, 0.2) is 0 Å². The van der Waals surface area contributed by atoms with Crippen LogP contribution in [0, 0.1) is 5.92 Å². The average Bonchev–Trinajstić information content (AvgIpc) is 3.48. The number of aliphatic carboxylic acids is 1. The molecular weight excluding hydrogens is 468 g/mol. The lowest BCUT2D eigenvalue weighted by molar-refractivity contribution is -0.152. The summed E-state index contributed by atoms with van der Waals surface area (Å²) in [7, 11) is 0. The van der Waals surface area contributed by atoms with Crippen LogP contribution in [-0.4, -0.2) is 98.3 Å². The van der Waals surface area contributed by atoms with Gasteiger partial charge in [-0.15, -0.1) is 0 Å². The van der Waals surface area contributed by atoms with Gasteiger partial charge in [0.25, 0.3) is 5.91 Å².